The third-order valence-electron chi connectivity index (χ3n) is 3.79. The predicted octanol–water partition coefficient (Wildman–Crippen LogP) is 4.25. The molecule has 1 unspecified atom stereocenters. The second-order valence-electron chi connectivity index (χ2n) is 6.03. The Bertz CT molecular complexity index is 961. The summed E-state index contributed by atoms with van der Waals surface area (Å²) >= 11 is 13.1. The molecule has 2 amide bonds. The summed E-state index contributed by atoms with van der Waals surface area (Å²) in [5, 5.41) is 14.1. The number of aryl methyl sites for hydroxylation is 1. The molecule has 0 spiro atoms. The summed E-state index contributed by atoms with van der Waals surface area (Å²) < 4.78 is 0. The van der Waals surface area contributed by atoms with Crippen molar-refractivity contribution in [3.05, 3.63) is 63.6 Å². The third kappa shape index (κ3) is 5.58. The molecule has 2 N–H and O–H groups in total. The van der Waals surface area contributed by atoms with E-state index in [0.717, 1.165) is 17.3 Å². The van der Waals surface area contributed by atoms with Crippen molar-refractivity contribution in [1.29, 1.82) is 0 Å². The molecule has 1 aliphatic heterocycles. The van der Waals surface area contributed by atoms with Crippen LogP contribution in [0.5, 0.6) is 0 Å². The Labute approximate surface area is 176 Å². The number of nitrogens with zero attached hydrogens (tertiary/aromatic N) is 2. The molecule has 1 atom stereocenters. The maximum atomic E-state index is 12.2. The van der Waals surface area contributed by atoms with E-state index < -0.39 is 5.25 Å². The van der Waals surface area contributed by atoms with Gasteiger partial charge in [-0.2, -0.15) is 5.10 Å². The molecule has 144 valence electrons. The third-order valence-corrected chi connectivity index (χ3v) is 5.43. The van der Waals surface area contributed by atoms with Crippen molar-refractivity contribution in [2.45, 2.75) is 18.6 Å². The molecule has 2 aromatic rings. The number of hydrogen-bond acceptors (Lipinski definition) is 5. The highest BCUT2D eigenvalue weighted by Crippen LogP contribution is 2.23. The first-order valence-corrected chi connectivity index (χ1v) is 9.94. The number of amides is 2. The van der Waals surface area contributed by atoms with E-state index in [1.807, 2.05) is 31.2 Å². The van der Waals surface area contributed by atoms with Crippen LogP contribution in [-0.2, 0) is 9.59 Å². The van der Waals surface area contributed by atoms with E-state index in [-0.39, 0.29) is 18.2 Å². The summed E-state index contributed by atoms with van der Waals surface area (Å²) in [5.74, 6) is -0.517. The van der Waals surface area contributed by atoms with Crippen LogP contribution in [0.1, 0.15) is 17.5 Å². The van der Waals surface area contributed by atoms with Crippen LogP contribution in [0.2, 0.25) is 10.0 Å². The summed E-state index contributed by atoms with van der Waals surface area (Å²) in [5.41, 5.74) is 2.45. The molecule has 2 aromatic carbocycles. The van der Waals surface area contributed by atoms with E-state index in [1.165, 1.54) is 6.21 Å². The molecule has 6 nitrogen and oxygen atoms in total. The maximum Gasteiger partial charge on any atom is 0.240 e. The van der Waals surface area contributed by atoms with E-state index >= 15 is 0 Å². The minimum atomic E-state index is -0.557. The molecule has 3 rings (SSSR count). The van der Waals surface area contributed by atoms with Gasteiger partial charge in [0, 0.05) is 22.7 Å². The summed E-state index contributed by atoms with van der Waals surface area (Å²) in [6.45, 7) is 1.97. The fraction of sp³-hybridized carbons (Fsp3) is 0.158. The van der Waals surface area contributed by atoms with Gasteiger partial charge in [0.05, 0.1) is 11.2 Å². The highest BCUT2D eigenvalue weighted by molar-refractivity contribution is 8.15. The number of carbonyl (C=O) groups excluding carboxylic acids is 2. The van der Waals surface area contributed by atoms with Crippen LogP contribution < -0.4 is 10.6 Å². The lowest BCUT2D eigenvalue weighted by Gasteiger charge is -2.07. The Morgan fingerprint density at radius 2 is 2.00 bits per heavy atom. The average Bonchev–Trinajstić information content (AvgIpc) is 2.98. The largest absolute Gasteiger partial charge is 0.326 e. The van der Waals surface area contributed by atoms with Gasteiger partial charge in [0.15, 0.2) is 5.17 Å². The molecular formula is C19H16Cl2N4O2S. The zero-order valence-corrected chi connectivity index (χ0v) is 17.1. The smallest absolute Gasteiger partial charge is 0.240 e. The molecule has 0 radical (unpaired) electrons. The molecular weight excluding hydrogens is 419 g/mol. The summed E-state index contributed by atoms with van der Waals surface area (Å²) in [6.07, 6.45) is 1.51. The second-order valence-corrected chi connectivity index (χ2v) is 8.06. The van der Waals surface area contributed by atoms with E-state index in [4.69, 9.17) is 23.2 Å². The Morgan fingerprint density at radius 1 is 1.25 bits per heavy atom. The zero-order chi connectivity index (χ0) is 20.1. The lowest BCUT2D eigenvalue weighted by atomic mass is 10.2. The van der Waals surface area contributed by atoms with Gasteiger partial charge in [-0.3, -0.25) is 9.59 Å². The minimum absolute atomic E-state index is 0.0378. The van der Waals surface area contributed by atoms with Gasteiger partial charge in [-0.05, 0) is 31.2 Å². The van der Waals surface area contributed by atoms with Crippen molar-refractivity contribution < 1.29 is 9.59 Å². The Morgan fingerprint density at radius 3 is 2.71 bits per heavy atom. The van der Waals surface area contributed by atoms with Crippen LogP contribution in [0, 0.1) is 6.92 Å². The SMILES string of the molecule is Cc1ccc(NC(=O)CC2S/C(=N/N=C/c3ccc(Cl)cc3Cl)NC2=O)cc1. The zero-order valence-electron chi connectivity index (χ0n) is 14.8. The fourth-order valence-corrected chi connectivity index (χ4v) is 3.73. The Hall–Kier alpha value is -2.35. The van der Waals surface area contributed by atoms with Gasteiger partial charge in [-0.1, -0.05) is 58.7 Å². The molecule has 1 fully saturated rings. The van der Waals surface area contributed by atoms with Crippen molar-refractivity contribution in [3.63, 3.8) is 0 Å². The molecule has 0 saturated carbocycles. The van der Waals surface area contributed by atoms with E-state index in [1.54, 1.807) is 18.2 Å². The van der Waals surface area contributed by atoms with Gasteiger partial charge in [-0.25, -0.2) is 0 Å². The summed E-state index contributed by atoms with van der Waals surface area (Å²) in [6, 6.07) is 12.5. The lowest BCUT2D eigenvalue weighted by Crippen LogP contribution is -2.28. The molecule has 0 aromatic heterocycles. The van der Waals surface area contributed by atoms with Crippen LogP contribution in [0.3, 0.4) is 0 Å². The van der Waals surface area contributed by atoms with Crippen molar-refractivity contribution in [2.24, 2.45) is 10.2 Å². The number of nitrogens with one attached hydrogen (secondary N) is 2. The van der Waals surface area contributed by atoms with E-state index in [9.17, 15) is 9.59 Å². The standard InChI is InChI=1S/C19H16Cl2N4O2S/c1-11-2-6-14(7-3-11)23-17(26)9-16-18(27)24-19(28-16)25-22-10-12-4-5-13(20)8-15(12)21/h2-8,10,16H,9H2,1H3,(H,23,26)(H,24,25,27)/b22-10+. The highest BCUT2D eigenvalue weighted by atomic mass is 35.5. The summed E-state index contributed by atoms with van der Waals surface area (Å²) in [7, 11) is 0. The van der Waals surface area contributed by atoms with Crippen LogP contribution in [0.15, 0.2) is 52.7 Å². The predicted molar refractivity (Wildman–Crippen MR) is 115 cm³/mol. The molecule has 0 aliphatic carbocycles. The van der Waals surface area contributed by atoms with Crippen molar-refractivity contribution in [2.75, 3.05) is 5.32 Å². The first kappa shape index (κ1) is 20.4. The van der Waals surface area contributed by atoms with Gasteiger partial charge in [0.2, 0.25) is 11.8 Å². The number of anilines is 1. The molecule has 1 aliphatic rings. The van der Waals surface area contributed by atoms with Crippen LogP contribution in [0.25, 0.3) is 0 Å². The fourth-order valence-electron chi connectivity index (χ4n) is 2.35. The van der Waals surface area contributed by atoms with Gasteiger partial charge in [0.25, 0.3) is 0 Å². The van der Waals surface area contributed by atoms with Crippen molar-refractivity contribution >= 4 is 63.8 Å². The Kier molecular flexibility index (Phi) is 6.72. The molecule has 9 heteroatoms. The molecule has 28 heavy (non-hydrogen) atoms. The number of benzene rings is 2. The van der Waals surface area contributed by atoms with E-state index in [2.05, 4.69) is 20.8 Å². The normalized spacial score (nSPS) is 17.9. The van der Waals surface area contributed by atoms with Gasteiger partial charge in [-0.15, -0.1) is 5.10 Å². The van der Waals surface area contributed by atoms with E-state index in [0.29, 0.717) is 26.5 Å². The number of rotatable bonds is 5. The summed E-state index contributed by atoms with van der Waals surface area (Å²) in [4.78, 5) is 24.2. The monoisotopic (exact) mass is 434 g/mol. The topological polar surface area (TPSA) is 82.9 Å². The molecule has 1 heterocycles. The number of hydrogen-bond donors (Lipinski definition) is 2. The number of halogens is 2. The number of carbonyl (C=O) groups is 2. The highest BCUT2D eigenvalue weighted by Gasteiger charge is 2.32. The average molecular weight is 435 g/mol. The maximum absolute atomic E-state index is 12.2. The van der Waals surface area contributed by atoms with Crippen LogP contribution in [0.4, 0.5) is 5.69 Å². The van der Waals surface area contributed by atoms with Gasteiger partial charge < -0.3 is 10.6 Å². The second kappa shape index (κ2) is 9.23. The van der Waals surface area contributed by atoms with Crippen molar-refractivity contribution in [3.8, 4) is 0 Å². The Balaban J connectivity index is 1.56. The molecule has 1 saturated heterocycles. The van der Waals surface area contributed by atoms with Gasteiger partial charge in [0.1, 0.15) is 5.25 Å². The molecule has 0 bridgehead atoms. The quantitative estimate of drug-likeness (QED) is 0.544. The van der Waals surface area contributed by atoms with Gasteiger partial charge >= 0.3 is 0 Å². The lowest BCUT2D eigenvalue weighted by molar-refractivity contribution is -0.122. The minimum Gasteiger partial charge on any atom is -0.326 e. The van der Waals surface area contributed by atoms with Crippen LogP contribution in [-0.4, -0.2) is 28.4 Å². The first-order valence-electron chi connectivity index (χ1n) is 8.31. The first-order chi connectivity index (χ1) is 13.4. The van der Waals surface area contributed by atoms with Crippen molar-refractivity contribution in [1.82, 2.24) is 5.32 Å². The number of amidine groups is 1. The number of thioether (sulfide) groups is 1. The van der Waals surface area contributed by atoms with Crippen LogP contribution >= 0.6 is 35.0 Å².